The lowest BCUT2D eigenvalue weighted by molar-refractivity contribution is -0.141. The van der Waals surface area contributed by atoms with Crippen LogP contribution in [0.25, 0.3) is 0 Å². The summed E-state index contributed by atoms with van der Waals surface area (Å²) >= 11 is 3.42. The van der Waals surface area contributed by atoms with Crippen LogP contribution in [0.3, 0.4) is 0 Å². The SMILES string of the molecule is CCCCC[C@H]1OC(=O)C[C@@H]1CBr. The minimum atomic E-state index is -0.0223. The molecule has 76 valence electrons. The maximum Gasteiger partial charge on any atom is 0.306 e. The first-order valence-corrected chi connectivity index (χ1v) is 6.15. The van der Waals surface area contributed by atoms with Crippen molar-refractivity contribution in [3.63, 3.8) is 0 Å². The molecule has 0 amide bonds. The zero-order chi connectivity index (χ0) is 9.68. The Hall–Kier alpha value is -0.0500. The van der Waals surface area contributed by atoms with Gasteiger partial charge < -0.3 is 4.74 Å². The van der Waals surface area contributed by atoms with Crippen molar-refractivity contribution < 1.29 is 9.53 Å². The highest BCUT2D eigenvalue weighted by atomic mass is 79.9. The van der Waals surface area contributed by atoms with E-state index in [1.165, 1.54) is 19.3 Å². The van der Waals surface area contributed by atoms with Gasteiger partial charge in [-0.2, -0.15) is 0 Å². The lowest BCUT2D eigenvalue weighted by atomic mass is 9.99. The maximum absolute atomic E-state index is 11.0. The molecule has 0 N–H and O–H groups in total. The third kappa shape index (κ3) is 3.29. The van der Waals surface area contributed by atoms with Gasteiger partial charge in [0, 0.05) is 11.2 Å². The number of alkyl halides is 1. The van der Waals surface area contributed by atoms with Crippen molar-refractivity contribution in [3.05, 3.63) is 0 Å². The smallest absolute Gasteiger partial charge is 0.306 e. The molecule has 3 heteroatoms. The van der Waals surface area contributed by atoms with Crippen LogP contribution in [0.15, 0.2) is 0 Å². The lowest BCUT2D eigenvalue weighted by Gasteiger charge is -2.14. The summed E-state index contributed by atoms with van der Waals surface area (Å²) in [7, 11) is 0. The van der Waals surface area contributed by atoms with Gasteiger partial charge in [-0.25, -0.2) is 0 Å². The minimum absolute atomic E-state index is 0.0223. The van der Waals surface area contributed by atoms with Gasteiger partial charge in [0.05, 0.1) is 6.42 Å². The summed E-state index contributed by atoms with van der Waals surface area (Å²) in [6, 6.07) is 0. The van der Waals surface area contributed by atoms with Crippen molar-refractivity contribution in [2.24, 2.45) is 5.92 Å². The molecule has 2 nitrogen and oxygen atoms in total. The van der Waals surface area contributed by atoms with Crippen LogP contribution < -0.4 is 0 Å². The van der Waals surface area contributed by atoms with Gasteiger partial charge >= 0.3 is 5.97 Å². The standard InChI is InChI=1S/C10H17BrO2/c1-2-3-4-5-9-8(7-11)6-10(12)13-9/h8-9H,2-7H2,1H3/t8-,9-/m1/s1. The van der Waals surface area contributed by atoms with E-state index in [1.54, 1.807) is 0 Å². The van der Waals surface area contributed by atoms with E-state index in [1.807, 2.05) is 0 Å². The third-order valence-electron chi connectivity index (χ3n) is 2.53. The highest BCUT2D eigenvalue weighted by molar-refractivity contribution is 9.09. The van der Waals surface area contributed by atoms with E-state index in [0.717, 1.165) is 11.8 Å². The number of hydrogen-bond donors (Lipinski definition) is 0. The van der Waals surface area contributed by atoms with Gasteiger partial charge in [-0.15, -0.1) is 0 Å². The molecule has 2 atom stereocenters. The Kier molecular flexibility index (Phi) is 4.78. The van der Waals surface area contributed by atoms with Gasteiger partial charge in [0.2, 0.25) is 0 Å². The third-order valence-corrected chi connectivity index (χ3v) is 3.36. The number of carbonyl (C=O) groups excluding carboxylic acids is 1. The maximum atomic E-state index is 11.0. The van der Waals surface area contributed by atoms with Gasteiger partial charge in [0.15, 0.2) is 0 Å². The van der Waals surface area contributed by atoms with Crippen LogP contribution in [0, 0.1) is 5.92 Å². The fourth-order valence-corrected chi connectivity index (χ4v) is 2.35. The molecule has 0 radical (unpaired) electrons. The number of carbonyl (C=O) groups is 1. The van der Waals surface area contributed by atoms with Gasteiger partial charge in [-0.05, 0) is 12.8 Å². The van der Waals surface area contributed by atoms with E-state index in [0.29, 0.717) is 12.3 Å². The molecule has 1 aliphatic heterocycles. The van der Waals surface area contributed by atoms with Crippen LogP contribution in [0.2, 0.25) is 0 Å². The second-order valence-corrected chi connectivity index (χ2v) is 4.29. The van der Waals surface area contributed by atoms with Crippen LogP contribution in [-0.4, -0.2) is 17.4 Å². The van der Waals surface area contributed by atoms with E-state index >= 15 is 0 Å². The number of hydrogen-bond acceptors (Lipinski definition) is 2. The molecule has 1 fully saturated rings. The normalized spacial score (nSPS) is 27.7. The summed E-state index contributed by atoms with van der Waals surface area (Å²) < 4.78 is 5.24. The van der Waals surface area contributed by atoms with Gasteiger partial charge in [-0.3, -0.25) is 4.79 Å². The van der Waals surface area contributed by atoms with Crippen LogP contribution in [0.1, 0.15) is 39.0 Å². The molecule has 0 aromatic heterocycles. The molecule has 0 aromatic carbocycles. The van der Waals surface area contributed by atoms with Crippen molar-refractivity contribution in [1.29, 1.82) is 0 Å². The number of cyclic esters (lactones) is 1. The van der Waals surface area contributed by atoms with E-state index in [4.69, 9.17) is 4.74 Å². The highest BCUT2D eigenvalue weighted by Crippen LogP contribution is 2.27. The molecule has 0 aliphatic carbocycles. The van der Waals surface area contributed by atoms with E-state index in [9.17, 15) is 4.79 Å². The summed E-state index contributed by atoms with van der Waals surface area (Å²) in [5.41, 5.74) is 0. The molecule has 0 saturated carbocycles. The Morgan fingerprint density at radius 2 is 2.31 bits per heavy atom. The van der Waals surface area contributed by atoms with Crippen molar-refractivity contribution in [1.82, 2.24) is 0 Å². The Morgan fingerprint density at radius 3 is 2.92 bits per heavy atom. The first kappa shape index (κ1) is 11.0. The molecule has 1 heterocycles. The second-order valence-electron chi connectivity index (χ2n) is 3.64. The summed E-state index contributed by atoms with van der Waals surface area (Å²) in [6.45, 7) is 2.18. The molecule has 13 heavy (non-hydrogen) atoms. The van der Waals surface area contributed by atoms with Crippen LogP contribution in [0.4, 0.5) is 0 Å². The Morgan fingerprint density at radius 1 is 1.54 bits per heavy atom. The molecular weight excluding hydrogens is 232 g/mol. The van der Waals surface area contributed by atoms with Gasteiger partial charge in [0.1, 0.15) is 6.10 Å². The average molecular weight is 249 g/mol. The molecule has 1 aliphatic rings. The summed E-state index contributed by atoms with van der Waals surface area (Å²) in [5, 5.41) is 0.884. The quantitative estimate of drug-likeness (QED) is 0.425. The summed E-state index contributed by atoms with van der Waals surface area (Å²) in [4.78, 5) is 11.0. The zero-order valence-electron chi connectivity index (χ0n) is 8.09. The largest absolute Gasteiger partial charge is 0.462 e. The second kappa shape index (κ2) is 5.63. The Labute approximate surface area is 88.2 Å². The first-order chi connectivity index (χ1) is 6.27. The minimum Gasteiger partial charge on any atom is -0.462 e. The predicted molar refractivity (Wildman–Crippen MR) is 55.9 cm³/mol. The molecule has 0 unspecified atom stereocenters. The number of halogens is 1. The van der Waals surface area contributed by atoms with Crippen molar-refractivity contribution >= 4 is 21.9 Å². The average Bonchev–Trinajstić information content (AvgIpc) is 2.47. The fraction of sp³-hybridized carbons (Fsp3) is 0.900. The number of rotatable bonds is 5. The zero-order valence-corrected chi connectivity index (χ0v) is 9.68. The van der Waals surface area contributed by atoms with E-state index in [2.05, 4.69) is 22.9 Å². The van der Waals surface area contributed by atoms with Crippen LogP contribution in [-0.2, 0) is 9.53 Å². The lowest BCUT2D eigenvalue weighted by Crippen LogP contribution is -2.16. The van der Waals surface area contributed by atoms with E-state index in [-0.39, 0.29) is 12.1 Å². The first-order valence-electron chi connectivity index (χ1n) is 5.03. The molecular formula is C10H17BrO2. The monoisotopic (exact) mass is 248 g/mol. The van der Waals surface area contributed by atoms with Crippen molar-refractivity contribution in [2.75, 3.05) is 5.33 Å². The topological polar surface area (TPSA) is 26.3 Å². The Balaban J connectivity index is 2.27. The fourth-order valence-electron chi connectivity index (χ4n) is 1.70. The highest BCUT2D eigenvalue weighted by Gasteiger charge is 2.33. The van der Waals surface area contributed by atoms with Crippen molar-refractivity contribution in [3.8, 4) is 0 Å². The molecule has 0 bridgehead atoms. The number of ether oxygens (including phenoxy) is 1. The summed E-state index contributed by atoms with van der Waals surface area (Å²) in [6.07, 6.45) is 5.46. The predicted octanol–water partition coefficient (Wildman–Crippen LogP) is 2.89. The molecule has 1 rings (SSSR count). The van der Waals surface area contributed by atoms with E-state index < -0.39 is 0 Å². The van der Waals surface area contributed by atoms with Crippen molar-refractivity contribution in [2.45, 2.75) is 45.1 Å². The number of esters is 1. The summed E-state index contributed by atoms with van der Waals surface area (Å²) in [5.74, 6) is 0.385. The molecule has 0 spiro atoms. The Bertz CT molecular complexity index is 170. The molecule has 0 aromatic rings. The molecule has 1 saturated heterocycles. The van der Waals surface area contributed by atoms with Crippen LogP contribution in [0.5, 0.6) is 0 Å². The van der Waals surface area contributed by atoms with Gasteiger partial charge in [0.25, 0.3) is 0 Å². The number of unbranched alkanes of at least 4 members (excludes halogenated alkanes) is 2. The van der Waals surface area contributed by atoms with Crippen LogP contribution >= 0.6 is 15.9 Å². The van der Waals surface area contributed by atoms with Gasteiger partial charge in [-0.1, -0.05) is 35.7 Å².